The molecule has 0 aliphatic heterocycles. The zero-order valence-electron chi connectivity index (χ0n) is 17.1. The molecular formula is C21H23N5O4S. The maximum Gasteiger partial charge on any atom is 0.244 e. The van der Waals surface area contributed by atoms with E-state index in [9.17, 15) is 13.2 Å². The molecular weight excluding hydrogens is 418 g/mol. The summed E-state index contributed by atoms with van der Waals surface area (Å²) in [5.41, 5.74) is 1.46. The van der Waals surface area contributed by atoms with Gasteiger partial charge >= 0.3 is 0 Å². The molecule has 3 aromatic rings. The number of carbonyl (C=O) groups excluding carboxylic acids is 1. The van der Waals surface area contributed by atoms with E-state index in [1.165, 1.54) is 32.6 Å². The third kappa shape index (κ3) is 5.77. The Hall–Kier alpha value is -3.50. The summed E-state index contributed by atoms with van der Waals surface area (Å²) in [5.74, 6) is -0.115. The minimum Gasteiger partial charge on any atom is -0.495 e. The highest BCUT2D eigenvalue weighted by Gasteiger charge is 2.18. The van der Waals surface area contributed by atoms with Crippen molar-refractivity contribution in [1.82, 2.24) is 24.8 Å². The molecule has 1 amide bonds. The number of sulfonamides is 1. The largest absolute Gasteiger partial charge is 0.495 e. The van der Waals surface area contributed by atoms with Gasteiger partial charge in [-0.3, -0.25) is 9.48 Å². The fourth-order valence-electron chi connectivity index (χ4n) is 2.94. The molecule has 0 saturated heterocycles. The quantitative estimate of drug-likeness (QED) is 0.489. The maximum absolute atomic E-state index is 12.6. The van der Waals surface area contributed by atoms with Crippen molar-refractivity contribution in [2.45, 2.75) is 17.5 Å². The summed E-state index contributed by atoms with van der Waals surface area (Å²) >= 11 is 0. The Kier molecular flexibility index (Phi) is 7.16. The minimum atomic E-state index is -3.71. The second-order valence-electron chi connectivity index (χ2n) is 6.54. The molecule has 0 saturated carbocycles. The van der Waals surface area contributed by atoms with Gasteiger partial charge in [-0.2, -0.15) is 5.10 Å². The van der Waals surface area contributed by atoms with Crippen LogP contribution in [0.5, 0.6) is 5.75 Å². The summed E-state index contributed by atoms with van der Waals surface area (Å²) in [4.78, 5) is 16.5. The summed E-state index contributed by atoms with van der Waals surface area (Å²) in [6.45, 7) is 0.413. The molecule has 10 heteroatoms. The van der Waals surface area contributed by atoms with Gasteiger partial charge in [-0.05, 0) is 36.4 Å². The van der Waals surface area contributed by atoms with E-state index in [-0.39, 0.29) is 22.6 Å². The molecule has 2 aromatic carbocycles. The van der Waals surface area contributed by atoms with Gasteiger partial charge in [0.1, 0.15) is 23.3 Å². The van der Waals surface area contributed by atoms with Crippen LogP contribution in [0, 0.1) is 0 Å². The minimum absolute atomic E-state index is 0.00611. The van der Waals surface area contributed by atoms with Crippen LogP contribution in [0.3, 0.4) is 0 Å². The molecule has 31 heavy (non-hydrogen) atoms. The molecule has 0 bridgehead atoms. The summed E-state index contributed by atoms with van der Waals surface area (Å²) in [7, 11) is -0.994. The number of amides is 1. The number of nitrogens with one attached hydrogen (secondary N) is 2. The van der Waals surface area contributed by atoms with Gasteiger partial charge in [0, 0.05) is 6.08 Å². The molecule has 0 aliphatic rings. The maximum atomic E-state index is 12.6. The van der Waals surface area contributed by atoms with E-state index in [1.54, 1.807) is 29.2 Å². The van der Waals surface area contributed by atoms with Crippen molar-refractivity contribution in [3.8, 4) is 5.75 Å². The Morgan fingerprint density at radius 3 is 2.65 bits per heavy atom. The number of methoxy groups -OCH3 is 1. The molecule has 0 fully saturated rings. The van der Waals surface area contributed by atoms with Gasteiger partial charge in [-0.15, -0.1) is 0 Å². The first-order valence-electron chi connectivity index (χ1n) is 9.40. The zero-order chi connectivity index (χ0) is 22.3. The van der Waals surface area contributed by atoms with E-state index in [0.29, 0.717) is 12.1 Å². The number of rotatable bonds is 9. The fraction of sp³-hybridized carbons (Fsp3) is 0.190. The lowest BCUT2D eigenvalue weighted by molar-refractivity contribution is -0.117. The third-order valence-electron chi connectivity index (χ3n) is 4.53. The smallest absolute Gasteiger partial charge is 0.244 e. The first-order valence-corrected chi connectivity index (χ1v) is 10.9. The monoisotopic (exact) mass is 441 g/mol. The molecule has 1 unspecified atom stereocenters. The van der Waals surface area contributed by atoms with Crippen LogP contribution in [0.15, 0.2) is 72.2 Å². The topological polar surface area (TPSA) is 115 Å². The first-order chi connectivity index (χ1) is 14.9. The molecule has 162 valence electrons. The van der Waals surface area contributed by atoms with Crippen molar-refractivity contribution in [2.24, 2.45) is 0 Å². The predicted octanol–water partition coefficient (Wildman–Crippen LogP) is 1.77. The highest BCUT2D eigenvalue weighted by molar-refractivity contribution is 7.89. The van der Waals surface area contributed by atoms with Crippen molar-refractivity contribution >= 4 is 22.0 Å². The summed E-state index contributed by atoms with van der Waals surface area (Å²) in [6, 6.07) is 13.9. The molecule has 1 atom stereocenters. The van der Waals surface area contributed by atoms with Crippen LogP contribution in [-0.2, 0) is 21.4 Å². The van der Waals surface area contributed by atoms with Crippen LogP contribution in [0.1, 0.15) is 17.2 Å². The molecule has 3 rings (SSSR count). The van der Waals surface area contributed by atoms with Crippen molar-refractivity contribution in [2.75, 3.05) is 14.2 Å². The molecule has 2 N–H and O–H groups in total. The zero-order valence-corrected chi connectivity index (χ0v) is 17.9. The Morgan fingerprint density at radius 2 is 2.00 bits per heavy atom. The number of aromatic nitrogens is 3. The number of hydrogen-bond donors (Lipinski definition) is 2. The molecule has 1 aromatic heterocycles. The number of carbonyl (C=O) groups is 1. The van der Waals surface area contributed by atoms with Gasteiger partial charge < -0.3 is 10.1 Å². The lowest BCUT2D eigenvalue weighted by Crippen LogP contribution is -2.30. The summed E-state index contributed by atoms with van der Waals surface area (Å²) < 4.78 is 33.5. The van der Waals surface area contributed by atoms with E-state index >= 15 is 0 Å². The van der Waals surface area contributed by atoms with E-state index in [1.807, 2.05) is 30.3 Å². The van der Waals surface area contributed by atoms with Crippen LogP contribution in [-0.4, -0.2) is 43.2 Å². The Morgan fingerprint density at radius 1 is 1.23 bits per heavy atom. The van der Waals surface area contributed by atoms with Gasteiger partial charge in [-0.1, -0.05) is 36.4 Å². The fourth-order valence-corrected chi connectivity index (χ4v) is 3.87. The summed E-state index contributed by atoms with van der Waals surface area (Å²) in [5, 5.41) is 7.05. The van der Waals surface area contributed by atoms with E-state index < -0.39 is 10.0 Å². The highest BCUT2D eigenvalue weighted by Crippen LogP contribution is 2.25. The normalized spacial score (nSPS) is 12.6. The Balaban J connectivity index is 1.78. The van der Waals surface area contributed by atoms with Gasteiger partial charge in [0.25, 0.3) is 0 Å². The lowest BCUT2D eigenvalue weighted by Gasteiger charge is -2.18. The van der Waals surface area contributed by atoms with Gasteiger partial charge in [0.2, 0.25) is 15.9 Å². The van der Waals surface area contributed by atoms with Crippen LogP contribution in [0.4, 0.5) is 0 Å². The van der Waals surface area contributed by atoms with Crippen molar-refractivity contribution < 1.29 is 17.9 Å². The SMILES string of the molecule is CNS(=O)(=O)c1cc(/C=C/C(=O)NC(Cn2cncn2)c2ccccc2)ccc1OC. The Bertz CT molecular complexity index is 1150. The third-order valence-corrected chi connectivity index (χ3v) is 5.96. The average Bonchev–Trinajstić information content (AvgIpc) is 3.31. The molecule has 1 heterocycles. The van der Waals surface area contributed by atoms with Gasteiger partial charge in [-0.25, -0.2) is 18.1 Å². The van der Waals surface area contributed by atoms with Crippen LogP contribution >= 0.6 is 0 Å². The standard InChI is InChI=1S/C21H23N5O4S/c1-22-31(28,29)20-12-16(8-10-19(20)30-2)9-11-21(27)25-18(13-26-15-23-14-24-26)17-6-4-3-5-7-17/h3-12,14-15,18,22H,13H2,1-2H3,(H,25,27)/b11-9+. The first kappa shape index (κ1) is 22.2. The predicted molar refractivity (Wildman–Crippen MR) is 116 cm³/mol. The van der Waals surface area contributed by atoms with E-state index in [4.69, 9.17) is 4.74 Å². The average molecular weight is 442 g/mol. The molecule has 0 spiro atoms. The van der Waals surface area contributed by atoms with Crippen LogP contribution < -0.4 is 14.8 Å². The molecule has 0 aliphatic carbocycles. The van der Waals surface area contributed by atoms with Crippen LogP contribution in [0.2, 0.25) is 0 Å². The number of benzene rings is 2. The van der Waals surface area contributed by atoms with E-state index in [0.717, 1.165) is 5.56 Å². The molecule has 9 nitrogen and oxygen atoms in total. The Labute approximate surface area is 180 Å². The highest BCUT2D eigenvalue weighted by atomic mass is 32.2. The summed E-state index contributed by atoms with van der Waals surface area (Å²) in [6.07, 6.45) is 5.92. The second-order valence-corrected chi connectivity index (χ2v) is 8.40. The van der Waals surface area contributed by atoms with Crippen molar-refractivity contribution in [1.29, 1.82) is 0 Å². The number of hydrogen-bond acceptors (Lipinski definition) is 6. The van der Waals surface area contributed by atoms with Crippen molar-refractivity contribution in [3.05, 3.63) is 78.4 Å². The molecule has 0 radical (unpaired) electrons. The van der Waals surface area contributed by atoms with E-state index in [2.05, 4.69) is 20.1 Å². The van der Waals surface area contributed by atoms with Gasteiger partial charge in [0.05, 0.1) is 19.7 Å². The number of ether oxygens (including phenoxy) is 1. The van der Waals surface area contributed by atoms with Crippen LogP contribution in [0.25, 0.3) is 6.08 Å². The van der Waals surface area contributed by atoms with Crippen molar-refractivity contribution in [3.63, 3.8) is 0 Å². The lowest BCUT2D eigenvalue weighted by atomic mass is 10.1. The second kappa shape index (κ2) is 10.0. The van der Waals surface area contributed by atoms with Gasteiger partial charge in [0.15, 0.2) is 0 Å². The number of nitrogens with zero attached hydrogens (tertiary/aromatic N) is 3.